The highest BCUT2D eigenvalue weighted by Gasteiger charge is 2.39. The van der Waals surface area contributed by atoms with Gasteiger partial charge >= 0.3 is 6.09 Å². The minimum atomic E-state index is -1.05. The number of halogens is 3. The van der Waals surface area contributed by atoms with Crippen molar-refractivity contribution in [2.24, 2.45) is 0 Å². The molecule has 0 saturated carbocycles. The van der Waals surface area contributed by atoms with E-state index < -0.39 is 41.7 Å². The summed E-state index contributed by atoms with van der Waals surface area (Å²) in [4.78, 5) is 25.0. The van der Waals surface area contributed by atoms with Crippen LogP contribution >= 0.6 is 0 Å². The van der Waals surface area contributed by atoms with E-state index >= 15 is 0 Å². The lowest BCUT2D eigenvalue weighted by Gasteiger charge is -2.23. The maximum absolute atomic E-state index is 14.4. The average molecular weight is 450 g/mol. The van der Waals surface area contributed by atoms with Crippen LogP contribution in [0.2, 0.25) is 0 Å². The summed E-state index contributed by atoms with van der Waals surface area (Å²) >= 11 is 0. The molecule has 0 spiro atoms. The van der Waals surface area contributed by atoms with Gasteiger partial charge in [0.2, 0.25) is 17.7 Å². The maximum Gasteiger partial charge on any atom is 0.416 e. The number of cyclic esters (lactones) is 1. The first-order chi connectivity index (χ1) is 15.2. The number of hydrogen-bond donors (Lipinski definition) is 2. The third-order valence-electron chi connectivity index (χ3n) is 4.75. The first-order valence-corrected chi connectivity index (χ1v) is 9.46. The fraction of sp³-hybridized carbons (Fsp3) is 0.316. The van der Waals surface area contributed by atoms with Crippen LogP contribution in [0.1, 0.15) is 25.8 Å². The van der Waals surface area contributed by atoms with Crippen LogP contribution in [-0.2, 0) is 4.74 Å². The summed E-state index contributed by atoms with van der Waals surface area (Å²) in [5.74, 6) is -3.26. The molecular formula is C19H17F3N6O4. The SMILES string of the molecule is C[C@H](Nc1ncc(F)c(N2C(=O)OC[C@@H]2[C@@H](C)O)n1)c1nc(-c2ccc(F)c(F)c2)no1. The molecule has 168 valence electrons. The van der Waals surface area contributed by atoms with Crippen molar-refractivity contribution >= 4 is 17.9 Å². The van der Waals surface area contributed by atoms with Crippen molar-refractivity contribution in [2.45, 2.75) is 32.0 Å². The number of carbonyl (C=O) groups is 1. The van der Waals surface area contributed by atoms with Gasteiger partial charge in [0.05, 0.1) is 12.3 Å². The van der Waals surface area contributed by atoms with Gasteiger partial charge in [0.1, 0.15) is 18.7 Å². The largest absolute Gasteiger partial charge is 0.447 e. The number of nitrogens with zero attached hydrogens (tertiary/aromatic N) is 5. The van der Waals surface area contributed by atoms with Crippen molar-refractivity contribution in [3.63, 3.8) is 0 Å². The monoisotopic (exact) mass is 450 g/mol. The second kappa shape index (κ2) is 8.42. The van der Waals surface area contributed by atoms with Crippen LogP contribution in [0.5, 0.6) is 0 Å². The van der Waals surface area contributed by atoms with Crippen LogP contribution in [0.3, 0.4) is 0 Å². The third-order valence-corrected chi connectivity index (χ3v) is 4.75. The molecule has 32 heavy (non-hydrogen) atoms. The van der Waals surface area contributed by atoms with Crippen LogP contribution in [0.25, 0.3) is 11.4 Å². The molecule has 4 rings (SSSR count). The molecule has 0 radical (unpaired) electrons. The van der Waals surface area contributed by atoms with E-state index in [0.29, 0.717) is 0 Å². The van der Waals surface area contributed by atoms with Crippen molar-refractivity contribution in [3.05, 3.63) is 47.7 Å². The first-order valence-electron chi connectivity index (χ1n) is 9.46. The summed E-state index contributed by atoms with van der Waals surface area (Å²) < 4.78 is 51.0. The molecule has 2 aromatic heterocycles. The average Bonchev–Trinajstić information content (AvgIpc) is 3.39. The number of amides is 1. The predicted octanol–water partition coefficient (Wildman–Crippen LogP) is 2.82. The van der Waals surface area contributed by atoms with Crippen LogP contribution in [0, 0.1) is 17.5 Å². The van der Waals surface area contributed by atoms with Crippen molar-refractivity contribution in [1.29, 1.82) is 0 Å². The van der Waals surface area contributed by atoms with E-state index in [1.54, 1.807) is 6.92 Å². The molecule has 0 bridgehead atoms. The number of carbonyl (C=O) groups excluding carboxylic acids is 1. The molecule has 3 aromatic rings. The molecule has 1 aliphatic heterocycles. The summed E-state index contributed by atoms with van der Waals surface area (Å²) in [5, 5.41) is 16.4. The van der Waals surface area contributed by atoms with E-state index in [-0.39, 0.29) is 35.7 Å². The molecule has 10 nitrogen and oxygen atoms in total. The van der Waals surface area contributed by atoms with Gasteiger partial charge in [0, 0.05) is 5.56 Å². The highest BCUT2D eigenvalue weighted by molar-refractivity contribution is 5.89. The predicted molar refractivity (Wildman–Crippen MR) is 103 cm³/mol. The number of rotatable bonds is 6. The van der Waals surface area contributed by atoms with Gasteiger partial charge in [-0.05, 0) is 32.0 Å². The molecule has 1 amide bonds. The highest BCUT2D eigenvalue weighted by atomic mass is 19.2. The molecule has 1 aliphatic rings. The Balaban J connectivity index is 1.55. The summed E-state index contributed by atoms with van der Waals surface area (Å²) in [6, 6.07) is 1.70. The number of aliphatic hydroxyl groups is 1. The van der Waals surface area contributed by atoms with Crippen LogP contribution in [0.4, 0.5) is 29.7 Å². The van der Waals surface area contributed by atoms with Gasteiger partial charge in [-0.25, -0.2) is 27.8 Å². The number of nitrogens with one attached hydrogen (secondary N) is 1. The van der Waals surface area contributed by atoms with Crippen LogP contribution in [0.15, 0.2) is 28.9 Å². The minimum absolute atomic E-state index is 0.0350. The number of aromatic nitrogens is 4. The fourth-order valence-corrected chi connectivity index (χ4v) is 3.05. The van der Waals surface area contributed by atoms with Gasteiger partial charge in [-0.2, -0.15) is 9.97 Å². The summed E-state index contributed by atoms with van der Waals surface area (Å²) in [7, 11) is 0. The lowest BCUT2D eigenvalue weighted by molar-refractivity contribution is 0.142. The highest BCUT2D eigenvalue weighted by Crippen LogP contribution is 2.27. The molecule has 13 heteroatoms. The number of hydrogen-bond acceptors (Lipinski definition) is 9. The van der Waals surface area contributed by atoms with E-state index in [2.05, 4.69) is 25.4 Å². The maximum atomic E-state index is 14.4. The quantitative estimate of drug-likeness (QED) is 0.583. The van der Waals surface area contributed by atoms with E-state index in [1.165, 1.54) is 13.0 Å². The smallest absolute Gasteiger partial charge is 0.416 e. The molecule has 1 fully saturated rings. The molecule has 3 atom stereocenters. The van der Waals surface area contributed by atoms with E-state index in [1.807, 2.05) is 0 Å². The summed E-state index contributed by atoms with van der Waals surface area (Å²) in [6.45, 7) is 2.95. The molecule has 0 aliphatic carbocycles. The van der Waals surface area contributed by atoms with E-state index in [0.717, 1.165) is 23.2 Å². The van der Waals surface area contributed by atoms with Crippen molar-refractivity contribution in [1.82, 2.24) is 20.1 Å². The Kier molecular flexibility index (Phi) is 5.65. The van der Waals surface area contributed by atoms with Gasteiger partial charge in [0.25, 0.3) is 0 Å². The van der Waals surface area contributed by atoms with Crippen LogP contribution in [-0.4, -0.2) is 50.1 Å². The lowest BCUT2D eigenvalue weighted by Crippen LogP contribution is -2.42. The Morgan fingerprint density at radius 2 is 1.97 bits per heavy atom. The Bertz CT molecular complexity index is 1160. The zero-order chi connectivity index (χ0) is 23.0. The van der Waals surface area contributed by atoms with Gasteiger partial charge in [0.15, 0.2) is 23.3 Å². The molecule has 2 N–H and O–H groups in total. The first kappa shape index (κ1) is 21.5. The fourth-order valence-electron chi connectivity index (χ4n) is 3.05. The lowest BCUT2D eigenvalue weighted by atomic mass is 10.2. The van der Waals surface area contributed by atoms with Crippen molar-refractivity contribution in [2.75, 3.05) is 16.8 Å². The van der Waals surface area contributed by atoms with Gasteiger partial charge in [-0.3, -0.25) is 0 Å². The minimum Gasteiger partial charge on any atom is -0.447 e. The Morgan fingerprint density at radius 3 is 2.69 bits per heavy atom. The summed E-state index contributed by atoms with van der Waals surface area (Å²) in [6.07, 6.45) is -0.970. The molecule has 1 saturated heterocycles. The Morgan fingerprint density at radius 1 is 1.19 bits per heavy atom. The van der Waals surface area contributed by atoms with Crippen molar-refractivity contribution < 1.29 is 32.3 Å². The second-order valence-corrected chi connectivity index (χ2v) is 7.07. The van der Waals surface area contributed by atoms with Crippen molar-refractivity contribution in [3.8, 4) is 11.4 Å². The number of ether oxygens (including phenoxy) is 1. The zero-order valence-corrected chi connectivity index (χ0v) is 16.8. The normalized spacial score (nSPS) is 17.9. The number of benzene rings is 1. The van der Waals surface area contributed by atoms with Gasteiger partial charge < -0.3 is 19.7 Å². The molecule has 0 unspecified atom stereocenters. The van der Waals surface area contributed by atoms with E-state index in [4.69, 9.17) is 9.26 Å². The zero-order valence-electron chi connectivity index (χ0n) is 16.8. The van der Waals surface area contributed by atoms with Gasteiger partial charge in [-0.1, -0.05) is 5.16 Å². The molecule has 3 heterocycles. The Labute approximate surface area is 179 Å². The molecular weight excluding hydrogens is 433 g/mol. The number of anilines is 2. The Hall–Kier alpha value is -3.74. The van der Waals surface area contributed by atoms with Crippen LogP contribution < -0.4 is 10.2 Å². The molecule has 1 aromatic carbocycles. The van der Waals surface area contributed by atoms with Gasteiger partial charge in [-0.15, -0.1) is 0 Å². The standard InChI is InChI=1S/C19H17F3N6O4/c1-8(17-25-15(27-32-17)10-3-4-11(20)12(21)5-10)24-18-23-6-13(22)16(26-18)28-14(9(2)29)7-31-19(28)30/h3-6,8-9,14,29H,7H2,1-2H3,(H,23,24,26)/t8-,9+,14+/m0/s1. The third kappa shape index (κ3) is 4.06. The number of aliphatic hydroxyl groups excluding tert-OH is 1. The second-order valence-electron chi connectivity index (χ2n) is 7.07. The topological polar surface area (TPSA) is 127 Å². The van der Waals surface area contributed by atoms with E-state index in [9.17, 15) is 23.1 Å². The summed E-state index contributed by atoms with van der Waals surface area (Å²) in [5.41, 5.74) is 0.211.